The maximum atomic E-state index is 13.2. The van der Waals surface area contributed by atoms with Gasteiger partial charge in [-0.2, -0.15) is 0 Å². The van der Waals surface area contributed by atoms with Crippen molar-refractivity contribution in [2.24, 2.45) is 5.41 Å². The third-order valence-corrected chi connectivity index (χ3v) is 6.26. The Balaban J connectivity index is 1.78. The molecule has 7 nitrogen and oxygen atoms in total. The van der Waals surface area contributed by atoms with E-state index in [0.29, 0.717) is 5.56 Å². The molecule has 1 heterocycles. The first-order chi connectivity index (χ1) is 16.3. The van der Waals surface area contributed by atoms with E-state index in [2.05, 4.69) is 0 Å². The lowest BCUT2D eigenvalue weighted by Gasteiger charge is -2.34. The number of rotatable bonds is 9. The minimum Gasteiger partial charge on any atom is -0.480 e. The first-order valence-electron chi connectivity index (χ1n) is 10.8. The molecule has 0 aliphatic carbocycles. The van der Waals surface area contributed by atoms with Crippen molar-refractivity contribution in [3.63, 3.8) is 0 Å². The van der Waals surface area contributed by atoms with Gasteiger partial charge in [0.1, 0.15) is 0 Å². The van der Waals surface area contributed by atoms with Gasteiger partial charge >= 0.3 is 11.9 Å². The van der Waals surface area contributed by atoms with Crippen LogP contribution in [0.15, 0.2) is 84.9 Å². The molecule has 0 bridgehead atoms. The molecule has 0 fully saturated rings. The normalized spacial score (nSPS) is 14.1. The predicted octanol–water partition coefficient (Wildman–Crippen LogP) is 3.68. The molecule has 1 aliphatic rings. The highest BCUT2D eigenvalue weighted by atomic mass is 16.4. The van der Waals surface area contributed by atoms with Gasteiger partial charge in [0.25, 0.3) is 11.8 Å². The van der Waals surface area contributed by atoms with Crippen LogP contribution in [0.1, 0.15) is 38.3 Å². The molecule has 2 amide bonds. The van der Waals surface area contributed by atoms with E-state index < -0.39 is 41.6 Å². The number of hydrogen-bond acceptors (Lipinski definition) is 4. The predicted molar refractivity (Wildman–Crippen MR) is 123 cm³/mol. The summed E-state index contributed by atoms with van der Waals surface area (Å²) >= 11 is 0. The second-order valence-electron chi connectivity index (χ2n) is 8.43. The van der Waals surface area contributed by atoms with Gasteiger partial charge in [-0.15, -0.1) is 0 Å². The second-order valence-corrected chi connectivity index (χ2v) is 8.43. The number of amides is 2. The Morgan fingerprint density at radius 2 is 1.15 bits per heavy atom. The van der Waals surface area contributed by atoms with E-state index in [-0.39, 0.29) is 24.0 Å². The van der Waals surface area contributed by atoms with E-state index in [1.54, 1.807) is 78.9 Å². The van der Waals surface area contributed by atoms with E-state index in [1.807, 2.05) is 6.07 Å². The van der Waals surface area contributed by atoms with Crippen molar-refractivity contribution in [2.75, 3.05) is 0 Å². The zero-order valence-electron chi connectivity index (χ0n) is 18.3. The molecule has 7 heteroatoms. The molecular weight excluding hydrogens is 434 g/mol. The summed E-state index contributed by atoms with van der Waals surface area (Å²) in [5, 5.41) is 20.3. The van der Waals surface area contributed by atoms with Gasteiger partial charge in [-0.05, 0) is 42.5 Å². The van der Waals surface area contributed by atoms with Crippen molar-refractivity contribution in [1.29, 1.82) is 0 Å². The van der Waals surface area contributed by atoms with Gasteiger partial charge in [-0.25, -0.2) is 0 Å². The van der Waals surface area contributed by atoms with Crippen molar-refractivity contribution < 1.29 is 29.4 Å². The minimum atomic E-state index is -2.24. The molecule has 4 rings (SSSR count). The van der Waals surface area contributed by atoms with Crippen LogP contribution in [-0.4, -0.2) is 44.9 Å². The van der Waals surface area contributed by atoms with Gasteiger partial charge in [0, 0.05) is 6.04 Å². The Morgan fingerprint density at radius 1 is 0.706 bits per heavy atom. The monoisotopic (exact) mass is 457 g/mol. The number of carbonyl (C=O) groups excluding carboxylic acids is 2. The largest absolute Gasteiger partial charge is 0.480 e. The molecular formula is C27H23NO6. The Hall–Kier alpha value is -4.26. The quantitative estimate of drug-likeness (QED) is 0.374. The van der Waals surface area contributed by atoms with Crippen LogP contribution in [0.2, 0.25) is 0 Å². The average molecular weight is 457 g/mol. The van der Waals surface area contributed by atoms with Gasteiger partial charge in [-0.3, -0.25) is 24.1 Å². The molecule has 0 saturated carbocycles. The maximum Gasteiger partial charge on any atom is 0.321 e. The fourth-order valence-corrected chi connectivity index (χ4v) is 4.52. The van der Waals surface area contributed by atoms with E-state index in [9.17, 15) is 29.4 Å². The van der Waals surface area contributed by atoms with Crippen molar-refractivity contribution in [1.82, 2.24) is 4.90 Å². The summed E-state index contributed by atoms with van der Waals surface area (Å²) in [5.74, 6) is -4.13. The minimum absolute atomic E-state index is 0.128. The number of hydrogen-bond donors (Lipinski definition) is 2. The lowest BCUT2D eigenvalue weighted by atomic mass is 9.75. The maximum absolute atomic E-state index is 13.2. The zero-order chi connectivity index (χ0) is 24.3. The van der Waals surface area contributed by atoms with E-state index >= 15 is 0 Å². The SMILES string of the molecule is O=C1c2ccccc2C(=O)N1C(Cc1ccccc1)CC(Cc1ccccc1)(C(=O)O)C(=O)O. The van der Waals surface area contributed by atoms with Gasteiger partial charge in [0.15, 0.2) is 5.41 Å². The number of carboxylic acids is 2. The molecule has 1 unspecified atom stereocenters. The summed E-state index contributed by atoms with van der Waals surface area (Å²) in [6.07, 6.45) is -0.594. The molecule has 0 aromatic heterocycles. The van der Waals surface area contributed by atoms with Crippen molar-refractivity contribution in [2.45, 2.75) is 25.3 Å². The molecule has 3 aromatic carbocycles. The van der Waals surface area contributed by atoms with Gasteiger partial charge in [0.2, 0.25) is 0 Å². The summed E-state index contributed by atoms with van der Waals surface area (Å²) in [4.78, 5) is 52.5. The number of imide groups is 1. The molecule has 2 N–H and O–H groups in total. The van der Waals surface area contributed by atoms with Crippen LogP contribution >= 0.6 is 0 Å². The fraction of sp³-hybridized carbons (Fsp3) is 0.185. The Kier molecular flexibility index (Phi) is 6.27. The topological polar surface area (TPSA) is 112 Å². The van der Waals surface area contributed by atoms with E-state index in [4.69, 9.17) is 0 Å². The molecule has 1 aliphatic heterocycles. The van der Waals surface area contributed by atoms with Gasteiger partial charge in [0.05, 0.1) is 11.1 Å². The number of carbonyl (C=O) groups is 4. The molecule has 3 aromatic rings. The lowest BCUT2D eigenvalue weighted by molar-refractivity contribution is -0.166. The first-order valence-corrected chi connectivity index (χ1v) is 10.8. The molecule has 0 saturated heterocycles. The Bertz CT molecular complexity index is 1190. The third kappa shape index (κ3) is 4.20. The third-order valence-electron chi connectivity index (χ3n) is 6.26. The molecule has 34 heavy (non-hydrogen) atoms. The Morgan fingerprint density at radius 3 is 1.62 bits per heavy atom. The van der Waals surface area contributed by atoms with Gasteiger partial charge < -0.3 is 10.2 Å². The smallest absolute Gasteiger partial charge is 0.321 e. The highest BCUT2D eigenvalue weighted by molar-refractivity contribution is 6.21. The van der Waals surface area contributed by atoms with Crippen molar-refractivity contribution >= 4 is 23.8 Å². The lowest BCUT2D eigenvalue weighted by Crippen LogP contribution is -2.50. The average Bonchev–Trinajstić information content (AvgIpc) is 3.09. The number of nitrogens with zero attached hydrogens (tertiary/aromatic N) is 1. The number of benzene rings is 3. The summed E-state index contributed by atoms with van der Waals surface area (Å²) in [6.45, 7) is 0. The van der Waals surface area contributed by atoms with E-state index in [1.165, 1.54) is 0 Å². The summed E-state index contributed by atoms with van der Waals surface area (Å²) in [7, 11) is 0. The second kappa shape index (κ2) is 9.31. The van der Waals surface area contributed by atoms with Gasteiger partial charge in [-0.1, -0.05) is 72.8 Å². The summed E-state index contributed by atoms with van der Waals surface area (Å²) < 4.78 is 0. The zero-order valence-corrected chi connectivity index (χ0v) is 18.3. The van der Waals surface area contributed by atoms with Crippen molar-refractivity contribution in [3.05, 3.63) is 107 Å². The first kappa shape index (κ1) is 22.9. The van der Waals surface area contributed by atoms with Crippen LogP contribution in [0.5, 0.6) is 0 Å². The molecule has 1 atom stereocenters. The van der Waals surface area contributed by atoms with Crippen LogP contribution in [0.3, 0.4) is 0 Å². The highest BCUT2D eigenvalue weighted by Crippen LogP contribution is 2.36. The number of aliphatic carboxylic acids is 2. The van der Waals surface area contributed by atoms with E-state index in [0.717, 1.165) is 10.5 Å². The number of carboxylic acid groups (broad SMARTS) is 2. The molecule has 0 spiro atoms. The van der Waals surface area contributed by atoms with Crippen LogP contribution in [0, 0.1) is 5.41 Å². The molecule has 0 radical (unpaired) electrons. The molecule has 172 valence electrons. The summed E-state index contributed by atoms with van der Waals surface area (Å²) in [6, 6.07) is 22.9. The van der Waals surface area contributed by atoms with Crippen LogP contribution in [0.4, 0.5) is 0 Å². The van der Waals surface area contributed by atoms with Crippen LogP contribution in [-0.2, 0) is 22.4 Å². The summed E-state index contributed by atoms with van der Waals surface area (Å²) in [5.41, 5.74) is -0.493. The van der Waals surface area contributed by atoms with Crippen LogP contribution < -0.4 is 0 Å². The Labute approximate surface area is 196 Å². The van der Waals surface area contributed by atoms with Crippen molar-refractivity contribution in [3.8, 4) is 0 Å². The highest BCUT2D eigenvalue weighted by Gasteiger charge is 2.51. The number of fused-ring (bicyclic) bond motifs is 1. The standard InChI is InChI=1S/C27H23NO6/c29-23-21-13-7-8-14-22(21)24(30)28(23)20(15-18-9-3-1-4-10-18)17-27(25(31)32,26(33)34)16-19-11-5-2-6-12-19/h1-14,20H,15-17H2,(H,31,32)(H,33,34). The fourth-order valence-electron chi connectivity index (χ4n) is 4.52. The van der Waals surface area contributed by atoms with Crippen LogP contribution in [0.25, 0.3) is 0 Å².